The Morgan fingerprint density at radius 3 is 2.29 bits per heavy atom. The number of nitrogens with zero attached hydrogens (tertiary/aromatic N) is 1. The van der Waals surface area contributed by atoms with Crippen LogP contribution in [0, 0.1) is 0 Å². The van der Waals surface area contributed by atoms with E-state index in [-0.39, 0.29) is 28.5 Å². The number of fused-ring (bicyclic) bond motifs is 4. The number of rotatable bonds is 0. The Bertz CT molecular complexity index is 836. The summed E-state index contributed by atoms with van der Waals surface area (Å²) in [5.74, 6) is -0.552. The molecule has 0 spiro atoms. The first-order valence-electron chi connectivity index (χ1n) is 6.92. The number of Topliss-reactive ketones (excluding diaryl/α,β-unsaturated/α-hetero) is 1. The van der Waals surface area contributed by atoms with Gasteiger partial charge >= 0.3 is 0 Å². The summed E-state index contributed by atoms with van der Waals surface area (Å²) >= 11 is 0. The first kappa shape index (κ1) is 12.1. The van der Waals surface area contributed by atoms with Crippen molar-refractivity contribution in [1.29, 1.82) is 0 Å². The largest absolute Gasteiger partial charge is 0.294 e. The fourth-order valence-corrected chi connectivity index (χ4v) is 3.15. The number of pyridine rings is 1. The van der Waals surface area contributed by atoms with E-state index in [9.17, 15) is 14.4 Å². The maximum absolute atomic E-state index is 12.7. The van der Waals surface area contributed by atoms with E-state index in [1.54, 1.807) is 24.3 Å². The van der Waals surface area contributed by atoms with E-state index >= 15 is 0 Å². The highest BCUT2D eigenvalue weighted by Gasteiger charge is 2.35. The van der Waals surface area contributed by atoms with Gasteiger partial charge in [-0.1, -0.05) is 24.3 Å². The summed E-state index contributed by atoms with van der Waals surface area (Å²) < 4.78 is 0. The number of ketones is 3. The van der Waals surface area contributed by atoms with Gasteiger partial charge in [0.2, 0.25) is 0 Å². The van der Waals surface area contributed by atoms with Gasteiger partial charge in [-0.2, -0.15) is 0 Å². The molecule has 1 aromatic carbocycles. The van der Waals surface area contributed by atoms with E-state index in [2.05, 4.69) is 4.98 Å². The number of aryl methyl sites for hydroxylation is 1. The smallest absolute Gasteiger partial charge is 0.196 e. The molecule has 4 nitrogen and oxygen atoms in total. The first-order chi connectivity index (χ1) is 10.2. The molecule has 0 amide bonds. The zero-order chi connectivity index (χ0) is 14.6. The highest BCUT2D eigenvalue weighted by atomic mass is 16.1. The minimum absolute atomic E-state index is 0.0823. The Kier molecular flexibility index (Phi) is 2.42. The van der Waals surface area contributed by atoms with E-state index in [0.717, 1.165) is 6.42 Å². The Balaban J connectivity index is 2.06. The van der Waals surface area contributed by atoms with E-state index < -0.39 is 0 Å². The molecule has 2 aliphatic rings. The molecule has 21 heavy (non-hydrogen) atoms. The fraction of sp³-hybridized carbons (Fsp3) is 0.176. The van der Waals surface area contributed by atoms with E-state index in [0.29, 0.717) is 35.2 Å². The van der Waals surface area contributed by atoms with Crippen molar-refractivity contribution >= 4 is 17.3 Å². The highest BCUT2D eigenvalue weighted by Crippen LogP contribution is 2.33. The van der Waals surface area contributed by atoms with Crippen molar-refractivity contribution in [3.63, 3.8) is 0 Å². The van der Waals surface area contributed by atoms with Gasteiger partial charge in [0, 0.05) is 29.3 Å². The van der Waals surface area contributed by atoms with Gasteiger partial charge in [0.25, 0.3) is 0 Å². The van der Waals surface area contributed by atoms with Gasteiger partial charge in [0.1, 0.15) is 0 Å². The van der Waals surface area contributed by atoms with Crippen LogP contribution in [0.4, 0.5) is 0 Å². The van der Waals surface area contributed by atoms with Crippen molar-refractivity contribution in [3.8, 4) is 0 Å². The molecule has 0 unspecified atom stereocenters. The normalized spacial score (nSPS) is 16.3. The molecule has 0 fully saturated rings. The minimum Gasteiger partial charge on any atom is -0.294 e. The molecule has 2 aromatic rings. The second kappa shape index (κ2) is 4.19. The standard InChI is InChI=1S/C17H11NO3/c19-13-7-3-6-12-15(13)14-11(8-18-12)16(20)9-4-1-2-5-10(9)17(14)21/h1-2,4-5,8H,3,6-7H2. The molecule has 0 saturated heterocycles. The Labute approximate surface area is 120 Å². The Morgan fingerprint density at radius 1 is 0.810 bits per heavy atom. The van der Waals surface area contributed by atoms with Crippen molar-refractivity contribution in [2.75, 3.05) is 0 Å². The monoisotopic (exact) mass is 277 g/mol. The lowest BCUT2D eigenvalue weighted by Gasteiger charge is -2.23. The zero-order valence-electron chi connectivity index (χ0n) is 11.2. The number of benzene rings is 1. The van der Waals surface area contributed by atoms with Crippen LogP contribution in [0.5, 0.6) is 0 Å². The SMILES string of the molecule is O=C1c2ccccc2C(=O)c2c1cnc1c2C(=O)CCC1. The maximum atomic E-state index is 12.7. The summed E-state index contributed by atoms with van der Waals surface area (Å²) in [4.78, 5) is 41.7. The average molecular weight is 277 g/mol. The van der Waals surface area contributed by atoms with Gasteiger partial charge in [0.05, 0.1) is 16.8 Å². The molecular formula is C17H11NO3. The molecule has 1 heterocycles. The summed E-state index contributed by atoms with van der Waals surface area (Å²) in [6.07, 6.45) is 3.28. The highest BCUT2D eigenvalue weighted by molar-refractivity contribution is 6.31. The Morgan fingerprint density at radius 2 is 1.52 bits per heavy atom. The van der Waals surface area contributed by atoms with Crippen LogP contribution in [0.15, 0.2) is 30.5 Å². The Hall–Kier alpha value is -2.62. The van der Waals surface area contributed by atoms with Crippen molar-refractivity contribution < 1.29 is 14.4 Å². The van der Waals surface area contributed by atoms with Crippen LogP contribution in [0.25, 0.3) is 0 Å². The van der Waals surface area contributed by atoms with Crippen molar-refractivity contribution in [3.05, 3.63) is 64.0 Å². The number of hydrogen-bond donors (Lipinski definition) is 0. The number of aromatic nitrogens is 1. The predicted molar refractivity (Wildman–Crippen MR) is 74.8 cm³/mol. The molecule has 0 atom stereocenters. The summed E-state index contributed by atoms with van der Waals surface area (Å²) in [5, 5.41) is 0. The van der Waals surface area contributed by atoms with Gasteiger partial charge in [-0.3, -0.25) is 19.4 Å². The summed E-state index contributed by atoms with van der Waals surface area (Å²) in [6.45, 7) is 0. The molecule has 2 aliphatic carbocycles. The summed E-state index contributed by atoms with van der Waals surface area (Å²) in [7, 11) is 0. The van der Waals surface area contributed by atoms with Crippen molar-refractivity contribution in [2.45, 2.75) is 19.3 Å². The lowest BCUT2D eigenvalue weighted by Crippen LogP contribution is -2.27. The summed E-state index contributed by atoms with van der Waals surface area (Å²) in [6, 6.07) is 6.73. The maximum Gasteiger partial charge on any atom is 0.196 e. The van der Waals surface area contributed by atoms with Crippen LogP contribution in [0.3, 0.4) is 0 Å². The van der Waals surface area contributed by atoms with Crippen LogP contribution >= 0.6 is 0 Å². The summed E-state index contributed by atoms with van der Waals surface area (Å²) in [5.41, 5.74) is 2.29. The van der Waals surface area contributed by atoms with Gasteiger partial charge in [-0.05, 0) is 12.8 Å². The zero-order valence-corrected chi connectivity index (χ0v) is 11.2. The van der Waals surface area contributed by atoms with Crippen LogP contribution in [-0.2, 0) is 6.42 Å². The van der Waals surface area contributed by atoms with Crippen LogP contribution in [-0.4, -0.2) is 22.3 Å². The third-order valence-electron chi connectivity index (χ3n) is 4.14. The van der Waals surface area contributed by atoms with Crippen LogP contribution in [0.2, 0.25) is 0 Å². The predicted octanol–water partition coefficient (Wildman–Crippen LogP) is 2.38. The lowest BCUT2D eigenvalue weighted by atomic mass is 9.79. The number of carbonyl (C=O) groups excluding carboxylic acids is 3. The van der Waals surface area contributed by atoms with Crippen molar-refractivity contribution in [2.24, 2.45) is 0 Å². The molecule has 0 aliphatic heterocycles. The van der Waals surface area contributed by atoms with E-state index in [1.165, 1.54) is 6.20 Å². The van der Waals surface area contributed by atoms with Crippen LogP contribution in [0.1, 0.15) is 60.7 Å². The quantitative estimate of drug-likeness (QED) is 0.633. The molecule has 102 valence electrons. The minimum atomic E-state index is -0.242. The topological polar surface area (TPSA) is 64.1 Å². The second-order valence-electron chi connectivity index (χ2n) is 5.35. The second-order valence-corrected chi connectivity index (χ2v) is 5.35. The lowest BCUT2D eigenvalue weighted by molar-refractivity contribution is 0.0948. The van der Waals surface area contributed by atoms with Gasteiger partial charge in [0.15, 0.2) is 17.3 Å². The third kappa shape index (κ3) is 1.56. The first-order valence-corrected chi connectivity index (χ1v) is 6.92. The fourth-order valence-electron chi connectivity index (χ4n) is 3.15. The third-order valence-corrected chi connectivity index (χ3v) is 4.14. The van der Waals surface area contributed by atoms with Crippen molar-refractivity contribution in [1.82, 2.24) is 4.98 Å². The molecule has 1 aromatic heterocycles. The molecule has 0 radical (unpaired) electrons. The van der Waals surface area contributed by atoms with E-state index in [4.69, 9.17) is 0 Å². The molecule has 0 N–H and O–H groups in total. The van der Waals surface area contributed by atoms with Gasteiger partial charge in [-0.25, -0.2) is 0 Å². The average Bonchev–Trinajstić information content (AvgIpc) is 2.52. The molecule has 0 bridgehead atoms. The van der Waals surface area contributed by atoms with E-state index in [1.807, 2.05) is 0 Å². The number of carbonyl (C=O) groups is 3. The van der Waals surface area contributed by atoms with Gasteiger partial charge in [-0.15, -0.1) is 0 Å². The molecular weight excluding hydrogens is 266 g/mol. The van der Waals surface area contributed by atoms with Gasteiger partial charge < -0.3 is 0 Å². The van der Waals surface area contributed by atoms with Crippen LogP contribution < -0.4 is 0 Å². The molecule has 4 rings (SSSR count). The number of hydrogen-bond acceptors (Lipinski definition) is 4. The molecule has 4 heteroatoms. The molecule has 0 saturated carbocycles.